The van der Waals surface area contributed by atoms with E-state index in [-0.39, 0.29) is 33.2 Å². The third-order valence-corrected chi connectivity index (χ3v) is 6.10. The lowest BCUT2D eigenvalue weighted by atomic mass is 9.81. The van der Waals surface area contributed by atoms with Crippen LogP contribution < -0.4 is 15.2 Å². The zero-order chi connectivity index (χ0) is 26.9. The number of rotatable bonds is 3. The zero-order valence-electron chi connectivity index (χ0n) is 18.4. The topological polar surface area (TPSA) is 90.0 Å². The van der Waals surface area contributed by atoms with E-state index in [2.05, 4.69) is 19.5 Å². The van der Waals surface area contributed by atoms with Gasteiger partial charge in [0.1, 0.15) is 5.82 Å². The fourth-order valence-electron chi connectivity index (χ4n) is 4.04. The van der Waals surface area contributed by atoms with Crippen LogP contribution in [0.1, 0.15) is 11.1 Å². The molecule has 37 heavy (non-hydrogen) atoms. The number of hydrogen-bond acceptors (Lipinski definition) is 6. The van der Waals surface area contributed by atoms with Crippen molar-refractivity contribution in [2.24, 2.45) is 10.7 Å². The minimum absolute atomic E-state index is 0.000534. The molecular formula is C23H13ClF6N4O3. The quantitative estimate of drug-likeness (QED) is 0.384. The third kappa shape index (κ3) is 3.64. The largest absolute Gasteiger partial charge is 0.507 e. The van der Waals surface area contributed by atoms with Crippen LogP contribution in [0.3, 0.4) is 0 Å². The number of halogens is 7. The fraction of sp³-hybridized carbons (Fsp3) is 0.174. The van der Waals surface area contributed by atoms with E-state index in [1.54, 1.807) is 0 Å². The highest BCUT2D eigenvalue weighted by Crippen LogP contribution is 2.50. The second kappa shape index (κ2) is 8.00. The lowest BCUT2D eigenvalue weighted by molar-refractivity contribution is -0.391. The van der Waals surface area contributed by atoms with Gasteiger partial charge in [-0.05, 0) is 41.5 Å². The molecule has 0 bridgehead atoms. The summed E-state index contributed by atoms with van der Waals surface area (Å²) in [6.45, 7) is 0. The maximum absolute atomic E-state index is 14.8. The number of pyridine rings is 1. The van der Waals surface area contributed by atoms with Gasteiger partial charge in [0.2, 0.25) is 5.95 Å². The van der Waals surface area contributed by atoms with Gasteiger partial charge in [0.05, 0.1) is 5.02 Å². The standard InChI is InChI=1S/C23H13ClF6N4O3/c1-34-19(35)21(33-20(34)31,11-3-5-16-17(7-11)37-23(29,30)22(27,28)36-16)10-2-4-15(25)13(6-10)14-8-12(24)9-32-18(14)26/h2-9H,1H3,(H2,31,33). The number of carbonyl (C=O) groups excluding carboxylic acids is 1. The summed E-state index contributed by atoms with van der Waals surface area (Å²) in [5, 5.41) is -0.000534. The van der Waals surface area contributed by atoms with Gasteiger partial charge in [-0.15, -0.1) is 0 Å². The van der Waals surface area contributed by atoms with Crippen LogP contribution in [-0.4, -0.2) is 41.0 Å². The molecule has 192 valence electrons. The van der Waals surface area contributed by atoms with Crippen LogP contribution >= 0.6 is 11.6 Å². The Morgan fingerprint density at radius 3 is 2.19 bits per heavy atom. The summed E-state index contributed by atoms with van der Waals surface area (Å²) in [7, 11) is 1.28. The van der Waals surface area contributed by atoms with Crippen molar-refractivity contribution in [3.63, 3.8) is 0 Å². The first-order chi connectivity index (χ1) is 17.3. The Morgan fingerprint density at radius 2 is 1.54 bits per heavy atom. The van der Waals surface area contributed by atoms with Gasteiger partial charge in [-0.3, -0.25) is 9.69 Å². The van der Waals surface area contributed by atoms with Crippen molar-refractivity contribution in [3.05, 3.63) is 76.6 Å². The van der Waals surface area contributed by atoms with E-state index < -0.39 is 46.9 Å². The van der Waals surface area contributed by atoms with E-state index in [0.29, 0.717) is 0 Å². The van der Waals surface area contributed by atoms with Crippen LogP contribution in [0.15, 0.2) is 53.7 Å². The Hall–Kier alpha value is -4.00. The molecule has 1 aromatic heterocycles. The van der Waals surface area contributed by atoms with Crippen LogP contribution in [0.4, 0.5) is 26.3 Å². The average Bonchev–Trinajstić information content (AvgIpc) is 3.06. The zero-order valence-corrected chi connectivity index (χ0v) is 19.2. The van der Waals surface area contributed by atoms with Gasteiger partial charge in [-0.25, -0.2) is 14.4 Å². The van der Waals surface area contributed by atoms with E-state index in [1.807, 2.05) is 0 Å². The Morgan fingerprint density at radius 1 is 0.919 bits per heavy atom. The molecule has 2 N–H and O–H groups in total. The monoisotopic (exact) mass is 542 g/mol. The molecule has 7 nitrogen and oxygen atoms in total. The number of alkyl halides is 4. The van der Waals surface area contributed by atoms with Crippen LogP contribution in [-0.2, 0) is 10.3 Å². The second-order valence-corrected chi connectivity index (χ2v) is 8.57. The number of ether oxygens (including phenoxy) is 2. The van der Waals surface area contributed by atoms with E-state index in [1.165, 1.54) is 7.05 Å². The number of aromatic nitrogens is 1. The van der Waals surface area contributed by atoms with Gasteiger partial charge < -0.3 is 15.2 Å². The Balaban J connectivity index is 1.73. The highest BCUT2D eigenvalue weighted by atomic mass is 35.5. The summed E-state index contributed by atoms with van der Waals surface area (Å²) in [5.41, 5.74) is 2.87. The molecule has 3 aromatic rings. The minimum Gasteiger partial charge on any atom is -0.421 e. The fourth-order valence-corrected chi connectivity index (χ4v) is 4.20. The van der Waals surface area contributed by atoms with Crippen LogP contribution in [0.25, 0.3) is 11.1 Å². The SMILES string of the molecule is CN1C(=O)C(c2ccc3c(c2)OC(F)(F)C(F)(F)O3)(c2ccc(F)c(-c3cc(Cl)cnc3F)c2)N=C1N. The number of likely N-dealkylation sites (N-methyl/N-ethyl adjacent to an activating group) is 1. The normalized spacial score (nSPS) is 21.7. The molecular weight excluding hydrogens is 530 g/mol. The van der Waals surface area contributed by atoms with Crippen molar-refractivity contribution in [2.75, 3.05) is 7.05 Å². The Labute approximate surface area is 209 Å². The summed E-state index contributed by atoms with van der Waals surface area (Å²) in [6.07, 6.45) is -8.96. The molecule has 0 saturated carbocycles. The van der Waals surface area contributed by atoms with Crippen LogP contribution in [0.5, 0.6) is 11.5 Å². The number of carbonyl (C=O) groups is 1. The number of guanidine groups is 1. The predicted octanol–water partition coefficient (Wildman–Crippen LogP) is 4.67. The number of benzene rings is 2. The number of nitrogens with zero attached hydrogens (tertiary/aromatic N) is 3. The number of fused-ring (bicyclic) bond motifs is 1. The summed E-state index contributed by atoms with van der Waals surface area (Å²) in [6, 6.07) is 7.15. The first-order valence-electron chi connectivity index (χ1n) is 10.3. The van der Waals surface area contributed by atoms with Crippen LogP contribution in [0.2, 0.25) is 5.02 Å². The molecule has 0 spiro atoms. The number of aliphatic imine (C=N–C) groups is 1. The molecule has 1 unspecified atom stereocenters. The van der Waals surface area contributed by atoms with Crippen molar-refractivity contribution in [3.8, 4) is 22.6 Å². The van der Waals surface area contributed by atoms with Gasteiger partial charge in [0, 0.05) is 24.4 Å². The van der Waals surface area contributed by atoms with Gasteiger partial charge in [-0.2, -0.15) is 22.0 Å². The smallest absolute Gasteiger partial charge is 0.421 e. The molecule has 0 radical (unpaired) electrons. The summed E-state index contributed by atoms with van der Waals surface area (Å²) < 4.78 is 92.4. The van der Waals surface area contributed by atoms with E-state index in [9.17, 15) is 31.1 Å². The second-order valence-electron chi connectivity index (χ2n) is 8.13. The maximum Gasteiger partial charge on any atom is 0.507 e. The Bertz CT molecular complexity index is 1500. The van der Waals surface area contributed by atoms with Gasteiger partial charge >= 0.3 is 12.2 Å². The lowest BCUT2D eigenvalue weighted by Crippen LogP contribution is -2.52. The van der Waals surface area contributed by atoms with E-state index >= 15 is 0 Å². The van der Waals surface area contributed by atoms with Crippen molar-refractivity contribution >= 4 is 23.5 Å². The molecule has 0 saturated heterocycles. The van der Waals surface area contributed by atoms with E-state index in [0.717, 1.165) is 53.6 Å². The molecule has 2 aliphatic rings. The molecule has 1 atom stereocenters. The molecule has 0 aliphatic carbocycles. The first-order valence-corrected chi connectivity index (χ1v) is 10.7. The number of hydrogen-bond donors (Lipinski definition) is 1. The van der Waals surface area contributed by atoms with Gasteiger partial charge in [0.25, 0.3) is 5.91 Å². The lowest BCUT2D eigenvalue weighted by Gasteiger charge is -2.33. The molecule has 2 aromatic carbocycles. The van der Waals surface area contributed by atoms with Crippen molar-refractivity contribution in [2.45, 2.75) is 17.8 Å². The molecule has 3 heterocycles. The highest BCUT2D eigenvalue weighted by molar-refractivity contribution is 6.30. The van der Waals surface area contributed by atoms with Crippen molar-refractivity contribution in [1.29, 1.82) is 0 Å². The Kier molecular flexibility index (Phi) is 5.34. The molecule has 1 amide bonds. The van der Waals surface area contributed by atoms with Gasteiger partial charge in [0.15, 0.2) is 23.0 Å². The third-order valence-electron chi connectivity index (χ3n) is 5.90. The maximum atomic E-state index is 14.8. The highest BCUT2D eigenvalue weighted by Gasteiger charge is 2.66. The average molecular weight is 543 g/mol. The molecule has 2 aliphatic heterocycles. The number of amides is 1. The van der Waals surface area contributed by atoms with Crippen LogP contribution in [0, 0.1) is 11.8 Å². The van der Waals surface area contributed by atoms with E-state index in [4.69, 9.17) is 17.3 Å². The first kappa shape index (κ1) is 24.7. The van der Waals surface area contributed by atoms with Gasteiger partial charge in [-0.1, -0.05) is 23.7 Å². The van der Waals surface area contributed by atoms with Crippen molar-refractivity contribution in [1.82, 2.24) is 9.88 Å². The van der Waals surface area contributed by atoms with Crippen molar-refractivity contribution < 1.29 is 40.6 Å². The number of nitrogens with two attached hydrogens (primary N) is 1. The summed E-state index contributed by atoms with van der Waals surface area (Å²) in [5.74, 6) is -4.59. The predicted molar refractivity (Wildman–Crippen MR) is 117 cm³/mol. The summed E-state index contributed by atoms with van der Waals surface area (Å²) >= 11 is 5.89. The molecule has 5 rings (SSSR count). The minimum atomic E-state index is -5.02. The molecule has 0 fully saturated rings. The molecule has 14 heteroatoms. The summed E-state index contributed by atoms with van der Waals surface area (Å²) in [4.78, 5) is 22.1.